The van der Waals surface area contributed by atoms with Gasteiger partial charge in [-0.25, -0.2) is 0 Å². The highest BCUT2D eigenvalue weighted by atomic mass is 16.5. The molecule has 0 bridgehead atoms. The first-order valence-electron chi connectivity index (χ1n) is 12.0. The number of hydrogen-bond donors (Lipinski definition) is 2. The standard InChI is InChI=1S/C23H36N6O2/c1-2-24-23-25-12-20-15-29(30,16-21-4-3-8-28(21)22(20)26-23)14-18-5-9-27(10-6-18)13-19-7-11-31-17-19/h7,11-12,17-18,21,23-24,26H,2-6,8-10,13-16H2,1H3/t21?,23-,29?/m0/s1. The van der Waals surface area contributed by atoms with E-state index in [1.807, 2.05) is 18.5 Å². The molecule has 0 spiro atoms. The molecule has 4 aliphatic heterocycles. The molecule has 5 rings (SSSR count). The summed E-state index contributed by atoms with van der Waals surface area (Å²) in [6.07, 6.45) is 9.94. The van der Waals surface area contributed by atoms with E-state index in [1.54, 1.807) is 6.26 Å². The Morgan fingerprint density at radius 2 is 2.16 bits per heavy atom. The van der Waals surface area contributed by atoms with E-state index in [-0.39, 0.29) is 10.9 Å². The Balaban J connectivity index is 1.24. The average molecular weight is 429 g/mol. The maximum atomic E-state index is 14.1. The minimum Gasteiger partial charge on any atom is -0.632 e. The Kier molecular flexibility index (Phi) is 6.05. The van der Waals surface area contributed by atoms with Gasteiger partial charge in [0, 0.05) is 30.8 Å². The largest absolute Gasteiger partial charge is 0.632 e. The third kappa shape index (κ3) is 4.67. The number of piperidine rings is 1. The van der Waals surface area contributed by atoms with E-state index in [0.717, 1.165) is 69.9 Å². The minimum absolute atomic E-state index is 0.0868. The molecule has 8 heteroatoms. The van der Waals surface area contributed by atoms with Crippen molar-refractivity contribution in [3.63, 3.8) is 0 Å². The summed E-state index contributed by atoms with van der Waals surface area (Å²) in [5.74, 6) is 1.65. The van der Waals surface area contributed by atoms with Gasteiger partial charge in [0.25, 0.3) is 0 Å². The van der Waals surface area contributed by atoms with Gasteiger partial charge in [0.05, 0.1) is 37.2 Å². The van der Waals surface area contributed by atoms with E-state index in [0.29, 0.717) is 25.0 Å². The summed E-state index contributed by atoms with van der Waals surface area (Å²) in [6.45, 7) is 9.02. The Morgan fingerprint density at radius 3 is 2.94 bits per heavy atom. The normalized spacial score (nSPS) is 32.0. The second kappa shape index (κ2) is 8.94. The maximum absolute atomic E-state index is 14.1. The van der Waals surface area contributed by atoms with Crippen LogP contribution in [0.4, 0.5) is 0 Å². The van der Waals surface area contributed by atoms with E-state index in [4.69, 9.17) is 4.42 Å². The van der Waals surface area contributed by atoms with E-state index >= 15 is 0 Å². The van der Waals surface area contributed by atoms with Gasteiger partial charge >= 0.3 is 0 Å². The third-order valence-corrected chi connectivity index (χ3v) is 7.31. The maximum Gasteiger partial charge on any atom is 0.174 e. The molecule has 0 aromatic carbocycles. The number of aliphatic imine (C=N–C) groups is 1. The fourth-order valence-electron chi connectivity index (χ4n) is 5.82. The summed E-state index contributed by atoms with van der Waals surface area (Å²) in [7, 11) is 0. The van der Waals surface area contributed by atoms with Crippen molar-refractivity contribution in [3.05, 3.63) is 40.8 Å². The number of hydrogen-bond acceptors (Lipinski definition) is 7. The van der Waals surface area contributed by atoms with Crippen LogP contribution in [-0.2, 0) is 6.54 Å². The lowest BCUT2D eigenvalue weighted by molar-refractivity contribution is -0.880. The summed E-state index contributed by atoms with van der Waals surface area (Å²) >= 11 is 0. The van der Waals surface area contributed by atoms with Crippen LogP contribution in [0.15, 0.2) is 39.4 Å². The van der Waals surface area contributed by atoms with Crippen LogP contribution in [0.3, 0.4) is 0 Å². The minimum atomic E-state index is -0.105. The van der Waals surface area contributed by atoms with E-state index in [9.17, 15) is 5.21 Å². The van der Waals surface area contributed by atoms with Crippen LogP contribution in [0.1, 0.15) is 38.2 Å². The van der Waals surface area contributed by atoms with Crippen LogP contribution < -0.4 is 10.6 Å². The van der Waals surface area contributed by atoms with Crippen LogP contribution >= 0.6 is 0 Å². The Hall–Kier alpha value is -1.87. The number of likely N-dealkylation sites (tertiary alicyclic amines) is 1. The van der Waals surface area contributed by atoms with Crippen LogP contribution in [0.5, 0.6) is 0 Å². The number of furan rings is 1. The van der Waals surface area contributed by atoms with Gasteiger partial charge in [0.15, 0.2) is 6.29 Å². The zero-order valence-electron chi connectivity index (χ0n) is 18.6. The molecule has 3 atom stereocenters. The molecule has 170 valence electrons. The highest BCUT2D eigenvalue weighted by Gasteiger charge is 2.40. The quantitative estimate of drug-likeness (QED) is 0.533. The summed E-state index contributed by atoms with van der Waals surface area (Å²) in [6, 6.07) is 2.38. The fraction of sp³-hybridized carbons (Fsp3) is 0.696. The highest BCUT2D eigenvalue weighted by molar-refractivity contribution is 5.81. The van der Waals surface area contributed by atoms with Gasteiger partial charge in [-0.2, -0.15) is 0 Å². The molecule has 31 heavy (non-hydrogen) atoms. The van der Waals surface area contributed by atoms with E-state index in [1.165, 1.54) is 12.0 Å². The Labute approximate surface area is 185 Å². The van der Waals surface area contributed by atoms with Crippen LogP contribution in [0, 0.1) is 11.1 Å². The molecule has 0 radical (unpaired) electrons. The molecule has 1 aromatic heterocycles. The van der Waals surface area contributed by atoms with Crippen molar-refractivity contribution in [3.8, 4) is 0 Å². The lowest BCUT2D eigenvalue weighted by atomic mass is 9.95. The molecule has 0 saturated carbocycles. The molecule has 4 aliphatic rings. The molecule has 0 aliphatic carbocycles. The molecular formula is C23H36N6O2. The zero-order chi connectivity index (χ0) is 21.3. The first-order chi connectivity index (χ1) is 15.1. The van der Waals surface area contributed by atoms with Crippen molar-refractivity contribution in [1.29, 1.82) is 0 Å². The van der Waals surface area contributed by atoms with Gasteiger partial charge in [0.2, 0.25) is 0 Å². The number of rotatable bonds is 6. The number of nitrogens with one attached hydrogen (secondary N) is 2. The van der Waals surface area contributed by atoms with E-state index < -0.39 is 0 Å². The van der Waals surface area contributed by atoms with Crippen molar-refractivity contribution in [2.24, 2.45) is 10.9 Å². The number of hydroxylamine groups is 3. The highest BCUT2D eigenvalue weighted by Crippen LogP contribution is 2.33. The molecule has 5 heterocycles. The van der Waals surface area contributed by atoms with Gasteiger partial charge in [-0.1, -0.05) is 6.92 Å². The topological polar surface area (TPSA) is 79.1 Å². The smallest absolute Gasteiger partial charge is 0.174 e. The molecule has 0 amide bonds. The van der Waals surface area contributed by atoms with Gasteiger partial charge in [-0.3, -0.25) is 15.2 Å². The molecule has 2 fully saturated rings. The summed E-state index contributed by atoms with van der Waals surface area (Å²) in [4.78, 5) is 9.56. The van der Waals surface area contributed by atoms with Gasteiger partial charge < -0.3 is 24.5 Å². The van der Waals surface area contributed by atoms with Crippen molar-refractivity contribution < 1.29 is 9.06 Å². The zero-order valence-corrected chi connectivity index (χ0v) is 18.6. The van der Waals surface area contributed by atoms with Gasteiger partial charge in [-0.15, -0.1) is 0 Å². The molecule has 8 nitrogen and oxygen atoms in total. The lowest BCUT2D eigenvalue weighted by Crippen LogP contribution is -2.52. The fourth-order valence-corrected chi connectivity index (χ4v) is 5.82. The Morgan fingerprint density at radius 1 is 1.29 bits per heavy atom. The lowest BCUT2D eigenvalue weighted by Gasteiger charge is -2.47. The average Bonchev–Trinajstić information content (AvgIpc) is 3.41. The number of quaternary nitrogens is 1. The van der Waals surface area contributed by atoms with Crippen molar-refractivity contribution in [2.75, 3.05) is 45.8 Å². The third-order valence-electron chi connectivity index (χ3n) is 7.31. The molecule has 1 aromatic rings. The van der Waals surface area contributed by atoms with Crippen molar-refractivity contribution in [2.45, 2.75) is 51.5 Å². The van der Waals surface area contributed by atoms with Crippen molar-refractivity contribution >= 4 is 6.21 Å². The monoisotopic (exact) mass is 428 g/mol. The molecule has 2 N–H and O–H groups in total. The van der Waals surface area contributed by atoms with Crippen molar-refractivity contribution in [1.82, 2.24) is 20.4 Å². The first-order valence-corrected chi connectivity index (χ1v) is 12.0. The summed E-state index contributed by atoms with van der Waals surface area (Å²) < 4.78 is 5.10. The second-order valence-corrected chi connectivity index (χ2v) is 9.68. The summed E-state index contributed by atoms with van der Waals surface area (Å²) in [5, 5.41) is 21.0. The first kappa shape index (κ1) is 21.0. The van der Waals surface area contributed by atoms with E-state index in [2.05, 4.69) is 32.3 Å². The Bertz CT molecular complexity index is 801. The second-order valence-electron chi connectivity index (χ2n) is 9.68. The molecular weight excluding hydrogens is 392 g/mol. The SMILES string of the molecule is CCN[C@H]1N=CC2=C(N1)N1CCCC1C[N+]([O-])(CC1CCN(Cc3ccoc3)CC1)C2. The number of fused-ring (bicyclic) bond motifs is 2. The van der Waals surface area contributed by atoms with Gasteiger partial charge in [-0.05, 0) is 51.4 Å². The van der Waals surface area contributed by atoms with Gasteiger partial charge in [0.1, 0.15) is 12.4 Å². The van der Waals surface area contributed by atoms with Crippen LogP contribution in [-0.4, -0.2) is 78.8 Å². The van der Waals surface area contributed by atoms with Crippen LogP contribution in [0.25, 0.3) is 0 Å². The molecule has 2 saturated heterocycles. The van der Waals surface area contributed by atoms with Crippen LogP contribution in [0.2, 0.25) is 0 Å². The predicted octanol–water partition coefficient (Wildman–Crippen LogP) is 2.06. The predicted molar refractivity (Wildman–Crippen MR) is 121 cm³/mol. The number of nitrogens with zero attached hydrogens (tertiary/aromatic N) is 4. The summed E-state index contributed by atoms with van der Waals surface area (Å²) in [5.41, 5.74) is 2.32. The molecule has 2 unspecified atom stereocenters.